The van der Waals surface area contributed by atoms with Crippen molar-refractivity contribution in [3.8, 4) is 0 Å². The fourth-order valence-electron chi connectivity index (χ4n) is 3.18. The summed E-state index contributed by atoms with van der Waals surface area (Å²) in [5.41, 5.74) is 0. The summed E-state index contributed by atoms with van der Waals surface area (Å²) in [6.45, 7) is 1.73. The minimum Gasteiger partial charge on any atom is -0.756 e. The van der Waals surface area contributed by atoms with E-state index in [0.717, 1.165) is 6.42 Å². The first-order valence-electron chi connectivity index (χ1n) is 14.1. The first-order chi connectivity index (χ1) is 18.6. The van der Waals surface area contributed by atoms with Gasteiger partial charge in [0.2, 0.25) is 0 Å². The van der Waals surface area contributed by atoms with E-state index in [4.69, 9.17) is 9.26 Å². The van der Waals surface area contributed by atoms with Crippen LogP contribution in [0.1, 0.15) is 71.1 Å². The molecule has 1 N–H and O–H groups in total. The standard InChI is InChI=1S/C30H52NO7P/c1-5-6-7-8-9-10-11-12-13-14-15-16-17-18-19-20-21-22-23-24-30(33)36-27-29(32)28-38-39(34,35)37-26-25-31(2,3)4/h15-24,29,32H,5-14,25-28H2,1-4H3/b16-15-,18-17+,20-19-,22-21-,24-23+/t29-/m1/s1. The molecule has 0 aromatic heterocycles. The molecule has 9 heteroatoms. The van der Waals surface area contributed by atoms with Crippen LogP contribution < -0.4 is 4.89 Å². The smallest absolute Gasteiger partial charge is 0.330 e. The Hall–Kier alpha value is -1.80. The van der Waals surface area contributed by atoms with Gasteiger partial charge in [-0.15, -0.1) is 0 Å². The predicted octanol–water partition coefficient (Wildman–Crippen LogP) is 5.80. The number of aliphatic hydroxyl groups is 1. The maximum Gasteiger partial charge on any atom is 0.330 e. The zero-order chi connectivity index (χ0) is 29.2. The Morgan fingerprint density at radius 1 is 0.821 bits per heavy atom. The molecule has 39 heavy (non-hydrogen) atoms. The molecule has 0 saturated heterocycles. The van der Waals surface area contributed by atoms with Gasteiger partial charge in [-0.3, -0.25) is 4.57 Å². The van der Waals surface area contributed by atoms with Crippen LogP contribution in [-0.2, 0) is 23.1 Å². The van der Waals surface area contributed by atoms with Crippen LogP contribution in [0.5, 0.6) is 0 Å². The van der Waals surface area contributed by atoms with Crippen molar-refractivity contribution in [2.75, 3.05) is 47.5 Å². The highest BCUT2D eigenvalue weighted by atomic mass is 31.2. The number of likely N-dealkylation sites (N-methyl/N-ethyl adjacent to an activating group) is 1. The van der Waals surface area contributed by atoms with Crippen LogP contribution in [0, 0.1) is 0 Å². The molecule has 0 heterocycles. The van der Waals surface area contributed by atoms with Gasteiger partial charge >= 0.3 is 5.97 Å². The van der Waals surface area contributed by atoms with Crippen LogP contribution in [0.2, 0.25) is 0 Å². The van der Waals surface area contributed by atoms with Gasteiger partial charge in [0.25, 0.3) is 7.82 Å². The molecule has 1 unspecified atom stereocenters. The number of carbonyl (C=O) groups is 1. The molecule has 0 bridgehead atoms. The molecular weight excluding hydrogens is 517 g/mol. The summed E-state index contributed by atoms with van der Waals surface area (Å²) in [5, 5.41) is 9.77. The molecule has 0 aromatic rings. The van der Waals surface area contributed by atoms with Crippen LogP contribution >= 0.6 is 7.82 Å². The number of aliphatic hydroxyl groups excluding tert-OH is 1. The lowest BCUT2D eigenvalue weighted by molar-refractivity contribution is -0.870. The quantitative estimate of drug-likeness (QED) is 0.0391. The average Bonchev–Trinajstić information content (AvgIpc) is 2.86. The van der Waals surface area contributed by atoms with Crippen LogP contribution in [-0.4, -0.2) is 69.2 Å². The highest BCUT2D eigenvalue weighted by Gasteiger charge is 2.16. The van der Waals surface area contributed by atoms with E-state index in [1.165, 1.54) is 69.9 Å². The van der Waals surface area contributed by atoms with E-state index >= 15 is 0 Å². The summed E-state index contributed by atoms with van der Waals surface area (Å²) in [6.07, 6.45) is 30.0. The van der Waals surface area contributed by atoms with Crippen LogP contribution in [0.25, 0.3) is 0 Å². The third-order valence-electron chi connectivity index (χ3n) is 5.48. The lowest BCUT2D eigenvalue weighted by Crippen LogP contribution is -2.37. The number of hydrogen-bond donors (Lipinski definition) is 1. The number of allylic oxidation sites excluding steroid dienone is 9. The molecule has 8 nitrogen and oxygen atoms in total. The number of hydrogen-bond acceptors (Lipinski definition) is 7. The number of unbranched alkanes of at least 4 members (excludes halogenated alkanes) is 9. The van der Waals surface area contributed by atoms with Gasteiger partial charge in [-0.25, -0.2) is 4.79 Å². The number of carbonyl (C=O) groups excluding carboxylic acids is 1. The zero-order valence-corrected chi connectivity index (χ0v) is 25.4. The molecule has 0 aliphatic heterocycles. The van der Waals surface area contributed by atoms with Crippen molar-refractivity contribution in [3.05, 3.63) is 60.8 Å². The Bertz CT molecular complexity index is 813. The Labute approximate surface area is 236 Å². The monoisotopic (exact) mass is 569 g/mol. The topological polar surface area (TPSA) is 105 Å². The van der Waals surface area contributed by atoms with Gasteiger partial charge in [0.15, 0.2) is 0 Å². The van der Waals surface area contributed by atoms with Crippen LogP contribution in [0.4, 0.5) is 0 Å². The molecule has 0 fully saturated rings. The molecule has 0 rings (SSSR count). The fourth-order valence-corrected chi connectivity index (χ4v) is 3.92. The van der Waals surface area contributed by atoms with Crippen molar-refractivity contribution in [2.24, 2.45) is 0 Å². The van der Waals surface area contributed by atoms with E-state index in [9.17, 15) is 19.4 Å². The van der Waals surface area contributed by atoms with Gasteiger partial charge in [0, 0.05) is 6.08 Å². The number of esters is 1. The second kappa shape index (κ2) is 24.0. The van der Waals surface area contributed by atoms with Crippen molar-refractivity contribution >= 4 is 13.8 Å². The first kappa shape index (κ1) is 37.2. The normalized spacial score (nSPS) is 15.3. The summed E-state index contributed by atoms with van der Waals surface area (Å²) in [4.78, 5) is 23.4. The molecule has 0 aromatic carbocycles. The van der Waals surface area contributed by atoms with Gasteiger partial charge in [0.1, 0.15) is 25.9 Å². The van der Waals surface area contributed by atoms with Crippen molar-refractivity contribution in [1.82, 2.24) is 0 Å². The van der Waals surface area contributed by atoms with Crippen LogP contribution in [0.15, 0.2) is 60.8 Å². The SMILES string of the molecule is CCCCCCCCCCC\C=C/C=C/C=C\C=C/C=C/C(=O)OC[C@@H](O)COP(=O)([O-])OCC[N+](C)(C)C. The lowest BCUT2D eigenvalue weighted by atomic mass is 10.1. The third kappa shape index (κ3) is 29.0. The number of ether oxygens (including phenoxy) is 1. The van der Waals surface area contributed by atoms with Gasteiger partial charge < -0.3 is 28.3 Å². The highest BCUT2D eigenvalue weighted by molar-refractivity contribution is 7.45. The van der Waals surface area contributed by atoms with Gasteiger partial charge in [-0.05, 0) is 12.8 Å². The van der Waals surface area contributed by atoms with Gasteiger partial charge in [-0.1, -0.05) is 113 Å². The van der Waals surface area contributed by atoms with Gasteiger partial charge in [0.05, 0.1) is 27.7 Å². The molecule has 0 radical (unpaired) electrons. The van der Waals surface area contributed by atoms with E-state index in [1.54, 1.807) is 12.2 Å². The number of phosphoric acid groups is 1. The Morgan fingerprint density at radius 3 is 1.95 bits per heavy atom. The van der Waals surface area contributed by atoms with E-state index in [-0.39, 0.29) is 6.61 Å². The maximum atomic E-state index is 11.7. The van der Waals surface area contributed by atoms with Crippen molar-refractivity contribution in [2.45, 2.75) is 77.2 Å². The Morgan fingerprint density at radius 2 is 1.36 bits per heavy atom. The summed E-state index contributed by atoms with van der Waals surface area (Å²) < 4.78 is 26.5. The molecule has 0 aliphatic rings. The summed E-state index contributed by atoms with van der Waals surface area (Å²) >= 11 is 0. The zero-order valence-electron chi connectivity index (χ0n) is 24.5. The minimum atomic E-state index is -4.53. The molecular formula is C30H52NO7P. The highest BCUT2D eigenvalue weighted by Crippen LogP contribution is 2.38. The summed E-state index contributed by atoms with van der Waals surface area (Å²) in [5.74, 6) is -0.663. The predicted molar refractivity (Wildman–Crippen MR) is 157 cm³/mol. The van der Waals surface area contributed by atoms with Crippen molar-refractivity contribution < 1.29 is 37.6 Å². The second-order valence-corrected chi connectivity index (χ2v) is 11.8. The molecule has 224 valence electrons. The minimum absolute atomic E-state index is 0.0321. The maximum absolute atomic E-state index is 11.7. The largest absolute Gasteiger partial charge is 0.756 e. The van der Waals surface area contributed by atoms with E-state index in [2.05, 4.69) is 23.6 Å². The first-order valence-corrected chi connectivity index (χ1v) is 15.6. The van der Waals surface area contributed by atoms with E-state index in [1.807, 2.05) is 45.4 Å². The number of nitrogens with zero attached hydrogens (tertiary/aromatic N) is 1. The Kier molecular flexibility index (Phi) is 22.9. The van der Waals surface area contributed by atoms with E-state index < -0.39 is 33.1 Å². The molecule has 0 saturated carbocycles. The van der Waals surface area contributed by atoms with Gasteiger partial charge in [-0.2, -0.15) is 0 Å². The lowest BCUT2D eigenvalue weighted by Gasteiger charge is -2.27. The Balaban J connectivity index is 3.88. The molecule has 0 aliphatic carbocycles. The third-order valence-corrected chi connectivity index (χ3v) is 6.44. The van der Waals surface area contributed by atoms with Crippen molar-refractivity contribution in [3.63, 3.8) is 0 Å². The number of rotatable bonds is 24. The average molecular weight is 570 g/mol. The number of phosphoric ester groups is 1. The molecule has 0 amide bonds. The summed E-state index contributed by atoms with van der Waals surface area (Å²) in [7, 11) is 1.17. The second-order valence-electron chi connectivity index (χ2n) is 10.4. The fraction of sp³-hybridized carbons (Fsp3) is 0.633. The van der Waals surface area contributed by atoms with Crippen molar-refractivity contribution in [1.29, 1.82) is 0 Å². The van der Waals surface area contributed by atoms with Crippen LogP contribution in [0.3, 0.4) is 0 Å². The molecule has 0 spiro atoms. The van der Waals surface area contributed by atoms with E-state index in [0.29, 0.717) is 11.0 Å². The molecule has 2 atom stereocenters. The summed E-state index contributed by atoms with van der Waals surface area (Å²) in [6, 6.07) is 0. The number of quaternary nitrogens is 1.